The number of benzene rings is 1. The van der Waals surface area contributed by atoms with E-state index in [2.05, 4.69) is 29.2 Å². The molecule has 0 aliphatic carbocycles. The summed E-state index contributed by atoms with van der Waals surface area (Å²) in [6, 6.07) is 5.60. The second kappa shape index (κ2) is 7.78. The molecule has 2 aromatic rings. The molecule has 1 aromatic carbocycles. The van der Waals surface area contributed by atoms with Crippen LogP contribution < -0.4 is 5.32 Å². The Kier molecular flexibility index (Phi) is 6.03. The van der Waals surface area contributed by atoms with Crippen molar-refractivity contribution in [1.29, 1.82) is 0 Å². The molecule has 0 saturated heterocycles. The minimum atomic E-state index is 0.554. The first-order chi connectivity index (χ1) is 10.1. The molecule has 6 heteroatoms. The predicted octanol–water partition coefficient (Wildman–Crippen LogP) is 3.57. The third kappa shape index (κ3) is 4.99. The highest BCUT2D eigenvalue weighted by molar-refractivity contribution is 6.35. The van der Waals surface area contributed by atoms with Crippen molar-refractivity contribution in [2.75, 3.05) is 6.54 Å². The summed E-state index contributed by atoms with van der Waals surface area (Å²) in [6.07, 6.45) is 2.46. The molecule has 0 bridgehead atoms. The minimum Gasteiger partial charge on any atom is -0.310 e. The molecule has 21 heavy (non-hydrogen) atoms. The van der Waals surface area contributed by atoms with Gasteiger partial charge in [-0.15, -0.1) is 0 Å². The van der Waals surface area contributed by atoms with E-state index < -0.39 is 0 Å². The summed E-state index contributed by atoms with van der Waals surface area (Å²) in [5.74, 6) is 1.52. The molecular weight excluding hydrogens is 307 g/mol. The minimum absolute atomic E-state index is 0.554. The van der Waals surface area contributed by atoms with Crippen molar-refractivity contribution < 1.29 is 0 Å². The van der Waals surface area contributed by atoms with Crippen LogP contribution in [0.25, 0.3) is 0 Å². The smallest absolute Gasteiger partial charge is 0.140 e. The van der Waals surface area contributed by atoms with E-state index in [0.29, 0.717) is 22.5 Å². The number of halogens is 2. The maximum Gasteiger partial charge on any atom is 0.140 e. The molecule has 0 aliphatic rings. The fourth-order valence-corrected chi connectivity index (χ4v) is 2.57. The molecule has 114 valence electrons. The maximum absolute atomic E-state index is 6.15. The Morgan fingerprint density at radius 2 is 2.10 bits per heavy atom. The van der Waals surface area contributed by atoms with Crippen molar-refractivity contribution in [2.45, 2.75) is 33.4 Å². The molecule has 4 nitrogen and oxygen atoms in total. The molecule has 0 saturated carbocycles. The van der Waals surface area contributed by atoms with Gasteiger partial charge in [0.05, 0.1) is 6.54 Å². The molecule has 0 fully saturated rings. The summed E-state index contributed by atoms with van der Waals surface area (Å²) in [7, 11) is 0. The van der Waals surface area contributed by atoms with Gasteiger partial charge in [0, 0.05) is 16.6 Å². The zero-order valence-electron chi connectivity index (χ0n) is 12.3. The second-order valence-corrected chi connectivity index (χ2v) is 6.26. The van der Waals surface area contributed by atoms with Gasteiger partial charge in [-0.2, -0.15) is 5.10 Å². The molecule has 1 aromatic heterocycles. The highest BCUT2D eigenvalue weighted by atomic mass is 35.5. The zero-order valence-corrected chi connectivity index (χ0v) is 13.8. The van der Waals surface area contributed by atoms with E-state index in [9.17, 15) is 0 Å². The van der Waals surface area contributed by atoms with E-state index in [1.807, 2.05) is 16.8 Å². The molecule has 0 unspecified atom stereocenters. The third-order valence-corrected chi connectivity index (χ3v) is 3.69. The lowest BCUT2D eigenvalue weighted by Gasteiger charge is -2.10. The van der Waals surface area contributed by atoms with Crippen LogP contribution in [0.15, 0.2) is 24.5 Å². The Morgan fingerprint density at radius 1 is 1.29 bits per heavy atom. The van der Waals surface area contributed by atoms with Crippen molar-refractivity contribution in [3.8, 4) is 0 Å². The van der Waals surface area contributed by atoms with Gasteiger partial charge < -0.3 is 5.32 Å². The molecule has 0 amide bonds. The summed E-state index contributed by atoms with van der Waals surface area (Å²) in [5.41, 5.74) is 1.09. The van der Waals surface area contributed by atoms with Crippen molar-refractivity contribution in [2.24, 2.45) is 5.92 Å². The predicted molar refractivity (Wildman–Crippen MR) is 86.7 cm³/mol. The Labute approximate surface area is 135 Å². The number of aromatic nitrogens is 3. The highest BCUT2D eigenvalue weighted by Gasteiger charge is 2.06. The number of hydrogen-bond acceptors (Lipinski definition) is 3. The highest BCUT2D eigenvalue weighted by Crippen LogP contribution is 2.21. The summed E-state index contributed by atoms with van der Waals surface area (Å²) < 4.78 is 1.95. The molecular formula is C15H20Cl2N4. The molecule has 0 radical (unpaired) electrons. The van der Waals surface area contributed by atoms with E-state index in [1.165, 1.54) is 0 Å². The molecule has 1 heterocycles. The third-order valence-electron chi connectivity index (χ3n) is 3.10. The van der Waals surface area contributed by atoms with Crippen molar-refractivity contribution >= 4 is 23.2 Å². The number of hydrogen-bond donors (Lipinski definition) is 1. The van der Waals surface area contributed by atoms with E-state index in [0.717, 1.165) is 30.9 Å². The summed E-state index contributed by atoms with van der Waals surface area (Å²) in [6.45, 7) is 6.76. The fraction of sp³-hybridized carbons (Fsp3) is 0.467. The molecule has 0 atom stereocenters. The van der Waals surface area contributed by atoms with E-state index in [-0.39, 0.29) is 0 Å². The van der Waals surface area contributed by atoms with Gasteiger partial charge in [-0.1, -0.05) is 43.1 Å². The molecule has 2 rings (SSSR count). The van der Waals surface area contributed by atoms with E-state index in [1.54, 1.807) is 12.4 Å². The van der Waals surface area contributed by atoms with Crippen LogP contribution in [-0.2, 0) is 19.5 Å². The summed E-state index contributed by atoms with van der Waals surface area (Å²) in [4.78, 5) is 4.29. The van der Waals surface area contributed by atoms with Crippen LogP contribution in [-0.4, -0.2) is 21.3 Å². The molecule has 0 aliphatic heterocycles. The number of rotatable bonds is 7. The molecule has 0 spiro atoms. The Balaban J connectivity index is 1.81. The average Bonchev–Trinajstić information content (AvgIpc) is 2.83. The van der Waals surface area contributed by atoms with Crippen LogP contribution >= 0.6 is 23.2 Å². The lowest BCUT2D eigenvalue weighted by Crippen LogP contribution is -2.21. The van der Waals surface area contributed by atoms with Crippen molar-refractivity contribution in [1.82, 2.24) is 20.1 Å². The summed E-state index contributed by atoms with van der Waals surface area (Å²) in [5, 5.41) is 9.00. The number of nitrogens with zero attached hydrogens (tertiary/aromatic N) is 3. The van der Waals surface area contributed by atoms with E-state index in [4.69, 9.17) is 23.2 Å². The lowest BCUT2D eigenvalue weighted by atomic mass is 10.1. The largest absolute Gasteiger partial charge is 0.310 e. The first-order valence-corrected chi connectivity index (χ1v) is 7.83. The van der Waals surface area contributed by atoms with Gasteiger partial charge in [0.2, 0.25) is 0 Å². The van der Waals surface area contributed by atoms with Crippen LogP contribution in [0, 0.1) is 5.92 Å². The first kappa shape index (κ1) is 16.3. The fourth-order valence-electron chi connectivity index (χ4n) is 2.07. The van der Waals surface area contributed by atoms with Gasteiger partial charge in [0.1, 0.15) is 12.2 Å². The van der Waals surface area contributed by atoms with Crippen molar-refractivity contribution in [3.63, 3.8) is 0 Å². The quantitative estimate of drug-likeness (QED) is 0.791. The second-order valence-electron chi connectivity index (χ2n) is 5.41. The zero-order chi connectivity index (χ0) is 15.2. The van der Waals surface area contributed by atoms with Crippen LogP contribution in [0.3, 0.4) is 0 Å². The van der Waals surface area contributed by atoms with Gasteiger partial charge in [-0.05, 0) is 36.6 Å². The molecule has 1 N–H and O–H groups in total. The SMILES string of the molecule is CC(C)Cn1ncnc1CNCCc1ccc(Cl)cc1Cl. The van der Waals surface area contributed by atoms with Crippen LogP contribution in [0.2, 0.25) is 10.0 Å². The average molecular weight is 327 g/mol. The summed E-state index contributed by atoms with van der Waals surface area (Å²) >= 11 is 12.0. The maximum atomic E-state index is 6.15. The monoisotopic (exact) mass is 326 g/mol. The standard InChI is InChI=1S/C15H20Cl2N4/c1-11(2)9-21-15(19-10-20-21)8-18-6-5-12-3-4-13(16)7-14(12)17/h3-4,7,10-11,18H,5-6,8-9H2,1-2H3. The van der Waals surface area contributed by atoms with Gasteiger partial charge >= 0.3 is 0 Å². The van der Waals surface area contributed by atoms with E-state index >= 15 is 0 Å². The first-order valence-electron chi connectivity index (χ1n) is 7.07. The number of nitrogens with one attached hydrogen (secondary N) is 1. The Morgan fingerprint density at radius 3 is 2.81 bits per heavy atom. The van der Waals surface area contributed by atoms with Crippen molar-refractivity contribution in [3.05, 3.63) is 46.0 Å². The van der Waals surface area contributed by atoms with Gasteiger partial charge in [-0.3, -0.25) is 0 Å². The Hall–Kier alpha value is -1.10. The lowest BCUT2D eigenvalue weighted by molar-refractivity contribution is 0.458. The van der Waals surface area contributed by atoms with Gasteiger partial charge in [0.15, 0.2) is 0 Å². The van der Waals surface area contributed by atoms with Crippen LogP contribution in [0.5, 0.6) is 0 Å². The van der Waals surface area contributed by atoms with Crippen LogP contribution in [0.4, 0.5) is 0 Å². The van der Waals surface area contributed by atoms with Crippen LogP contribution in [0.1, 0.15) is 25.2 Å². The topological polar surface area (TPSA) is 42.7 Å². The van der Waals surface area contributed by atoms with Gasteiger partial charge in [0.25, 0.3) is 0 Å². The van der Waals surface area contributed by atoms with Gasteiger partial charge in [-0.25, -0.2) is 9.67 Å². The normalized spacial score (nSPS) is 11.3. The Bertz CT molecular complexity index is 581.